The van der Waals surface area contributed by atoms with Crippen LogP contribution in [-0.2, 0) is 19.5 Å². The van der Waals surface area contributed by atoms with Gasteiger partial charge in [-0.1, -0.05) is 0 Å². The number of carbonyl (C=O) groups is 1. The van der Waals surface area contributed by atoms with E-state index in [-0.39, 0.29) is 23.7 Å². The highest BCUT2D eigenvalue weighted by Gasteiger charge is 2.41. The van der Waals surface area contributed by atoms with E-state index in [1.54, 1.807) is 16.0 Å². The molecule has 2 aromatic heterocycles. The van der Waals surface area contributed by atoms with E-state index in [9.17, 15) is 9.59 Å². The standard InChI is InChI=1S/C17H20N4O2S/c22-16(12-5-6-24-10-12)21-13-3-4-14(21)9-19-15(7-13)18-20(17(19)23)8-11-1-2-11/h5-6,10-11,13-14H,1-4,7-9H2/t13-,14+/m0/s1. The van der Waals surface area contributed by atoms with Gasteiger partial charge in [0, 0.05) is 30.9 Å². The van der Waals surface area contributed by atoms with Crippen LogP contribution in [0.25, 0.3) is 0 Å². The van der Waals surface area contributed by atoms with Crippen molar-refractivity contribution >= 4 is 17.2 Å². The highest BCUT2D eigenvalue weighted by atomic mass is 32.1. The Morgan fingerprint density at radius 3 is 2.83 bits per heavy atom. The maximum absolute atomic E-state index is 12.9. The first kappa shape index (κ1) is 14.5. The third-order valence-corrected chi connectivity index (χ3v) is 6.24. The van der Waals surface area contributed by atoms with Crippen LogP contribution in [0.5, 0.6) is 0 Å². The first-order valence-electron chi connectivity index (χ1n) is 8.72. The van der Waals surface area contributed by atoms with Crippen LogP contribution >= 0.6 is 11.3 Å². The van der Waals surface area contributed by atoms with Crippen molar-refractivity contribution in [3.8, 4) is 0 Å². The van der Waals surface area contributed by atoms with E-state index in [0.29, 0.717) is 18.9 Å². The zero-order chi connectivity index (χ0) is 16.3. The van der Waals surface area contributed by atoms with Gasteiger partial charge in [-0.05, 0) is 43.0 Å². The van der Waals surface area contributed by atoms with E-state index in [1.165, 1.54) is 12.8 Å². The van der Waals surface area contributed by atoms with Crippen molar-refractivity contribution in [2.24, 2.45) is 5.92 Å². The molecule has 1 aliphatic carbocycles. The van der Waals surface area contributed by atoms with Crippen LogP contribution in [0.1, 0.15) is 41.9 Å². The summed E-state index contributed by atoms with van der Waals surface area (Å²) >= 11 is 1.55. The van der Waals surface area contributed by atoms with Crippen LogP contribution in [-0.4, -0.2) is 37.2 Å². The lowest BCUT2D eigenvalue weighted by atomic mass is 10.1. The summed E-state index contributed by atoms with van der Waals surface area (Å²) in [5.74, 6) is 1.60. The number of fused-ring (bicyclic) bond motifs is 3. The van der Waals surface area contributed by atoms with Gasteiger partial charge < -0.3 is 4.90 Å². The molecule has 3 aliphatic rings. The molecule has 2 bridgehead atoms. The number of hydrogen-bond donors (Lipinski definition) is 0. The lowest BCUT2D eigenvalue weighted by Gasteiger charge is -2.27. The smallest absolute Gasteiger partial charge is 0.330 e. The normalized spacial score (nSPS) is 25.6. The van der Waals surface area contributed by atoms with Crippen LogP contribution in [0.15, 0.2) is 21.6 Å². The molecular weight excluding hydrogens is 324 g/mol. The van der Waals surface area contributed by atoms with Crippen molar-refractivity contribution < 1.29 is 4.79 Å². The van der Waals surface area contributed by atoms with Gasteiger partial charge in [0.05, 0.1) is 11.6 Å². The van der Waals surface area contributed by atoms with Crippen molar-refractivity contribution in [3.05, 3.63) is 38.7 Å². The maximum atomic E-state index is 12.9. The van der Waals surface area contributed by atoms with Gasteiger partial charge in [0.25, 0.3) is 5.91 Å². The molecule has 2 fully saturated rings. The lowest BCUT2D eigenvalue weighted by Crippen LogP contribution is -2.42. The Labute approximate surface area is 143 Å². The predicted molar refractivity (Wildman–Crippen MR) is 90.2 cm³/mol. The second kappa shape index (κ2) is 5.31. The van der Waals surface area contributed by atoms with Crippen molar-refractivity contribution in [1.82, 2.24) is 19.2 Å². The van der Waals surface area contributed by atoms with E-state index >= 15 is 0 Å². The largest absolute Gasteiger partial charge is 0.345 e. The van der Waals surface area contributed by atoms with E-state index in [1.807, 2.05) is 26.3 Å². The summed E-state index contributed by atoms with van der Waals surface area (Å²) in [6.07, 6.45) is 5.09. The molecule has 5 rings (SSSR count). The summed E-state index contributed by atoms with van der Waals surface area (Å²) in [7, 11) is 0. The SMILES string of the molecule is O=C(c1ccsc1)N1[C@@H]2CC[C@H]1Cc1nn(CC3CC3)c(=O)n1C2. The average Bonchev–Trinajstić information content (AvgIpc) is 2.99. The minimum atomic E-state index is 0.00684. The van der Waals surface area contributed by atoms with E-state index in [2.05, 4.69) is 5.10 Å². The second-order valence-electron chi connectivity index (χ2n) is 7.25. The van der Waals surface area contributed by atoms with Gasteiger partial charge in [-0.3, -0.25) is 9.36 Å². The number of aromatic nitrogens is 3. The fraction of sp³-hybridized carbons (Fsp3) is 0.588. The van der Waals surface area contributed by atoms with E-state index in [0.717, 1.165) is 30.8 Å². The third-order valence-electron chi connectivity index (χ3n) is 5.56. The van der Waals surface area contributed by atoms with Crippen molar-refractivity contribution in [3.63, 3.8) is 0 Å². The average molecular weight is 344 g/mol. The molecule has 1 saturated carbocycles. The summed E-state index contributed by atoms with van der Waals surface area (Å²) < 4.78 is 3.48. The fourth-order valence-corrected chi connectivity index (χ4v) is 4.74. The molecule has 0 N–H and O–H groups in total. The molecule has 4 heterocycles. The molecular formula is C17H20N4O2S. The van der Waals surface area contributed by atoms with E-state index in [4.69, 9.17) is 0 Å². The molecule has 0 radical (unpaired) electrons. The number of amides is 1. The quantitative estimate of drug-likeness (QED) is 0.852. The molecule has 0 aromatic carbocycles. The first-order chi connectivity index (χ1) is 11.7. The number of hydrogen-bond acceptors (Lipinski definition) is 4. The molecule has 126 valence electrons. The number of nitrogens with zero attached hydrogens (tertiary/aromatic N) is 4. The zero-order valence-electron chi connectivity index (χ0n) is 13.4. The molecule has 1 saturated heterocycles. The molecule has 7 heteroatoms. The Morgan fingerprint density at radius 2 is 2.08 bits per heavy atom. The van der Waals surface area contributed by atoms with Crippen LogP contribution in [0, 0.1) is 5.92 Å². The Balaban J connectivity index is 1.46. The highest BCUT2D eigenvalue weighted by molar-refractivity contribution is 7.08. The molecule has 2 atom stereocenters. The first-order valence-corrected chi connectivity index (χ1v) is 9.66. The van der Waals surface area contributed by atoms with Gasteiger partial charge in [-0.2, -0.15) is 16.4 Å². The van der Waals surface area contributed by atoms with Gasteiger partial charge in [-0.15, -0.1) is 0 Å². The molecule has 0 unspecified atom stereocenters. The Bertz CT molecular complexity index is 833. The fourth-order valence-electron chi connectivity index (χ4n) is 4.11. The minimum Gasteiger partial charge on any atom is -0.330 e. The van der Waals surface area contributed by atoms with Gasteiger partial charge >= 0.3 is 5.69 Å². The summed E-state index contributed by atoms with van der Waals surface area (Å²) in [5, 5.41) is 8.45. The van der Waals surface area contributed by atoms with E-state index < -0.39 is 0 Å². The van der Waals surface area contributed by atoms with Crippen molar-refractivity contribution in [2.45, 2.75) is 57.3 Å². The Kier molecular flexibility index (Phi) is 3.20. The molecule has 6 nitrogen and oxygen atoms in total. The molecule has 2 aromatic rings. The minimum absolute atomic E-state index is 0.00684. The van der Waals surface area contributed by atoms with Crippen LogP contribution in [0.4, 0.5) is 0 Å². The Hall–Kier alpha value is -1.89. The van der Waals surface area contributed by atoms with Crippen LogP contribution < -0.4 is 5.69 Å². The van der Waals surface area contributed by atoms with Crippen LogP contribution in [0.3, 0.4) is 0 Å². The molecule has 2 aliphatic heterocycles. The monoisotopic (exact) mass is 344 g/mol. The summed E-state index contributed by atoms with van der Waals surface area (Å²) in [4.78, 5) is 27.6. The lowest BCUT2D eigenvalue weighted by molar-refractivity contribution is 0.0665. The Morgan fingerprint density at radius 1 is 1.25 bits per heavy atom. The topological polar surface area (TPSA) is 60.1 Å². The van der Waals surface area contributed by atoms with Gasteiger partial charge in [0.2, 0.25) is 0 Å². The van der Waals surface area contributed by atoms with Crippen molar-refractivity contribution in [2.75, 3.05) is 0 Å². The zero-order valence-corrected chi connectivity index (χ0v) is 14.2. The highest BCUT2D eigenvalue weighted by Crippen LogP contribution is 2.33. The maximum Gasteiger partial charge on any atom is 0.345 e. The van der Waals surface area contributed by atoms with Gasteiger partial charge in [0.1, 0.15) is 5.82 Å². The summed E-state index contributed by atoms with van der Waals surface area (Å²) in [6.45, 7) is 1.34. The molecule has 1 amide bonds. The van der Waals surface area contributed by atoms with Gasteiger partial charge in [-0.25, -0.2) is 9.48 Å². The number of rotatable bonds is 3. The molecule has 0 spiro atoms. The second-order valence-corrected chi connectivity index (χ2v) is 8.03. The molecule has 24 heavy (non-hydrogen) atoms. The van der Waals surface area contributed by atoms with Crippen LogP contribution in [0.2, 0.25) is 0 Å². The third kappa shape index (κ3) is 2.25. The van der Waals surface area contributed by atoms with Gasteiger partial charge in [0.15, 0.2) is 0 Å². The summed E-state index contributed by atoms with van der Waals surface area (Å²) in [6, 6.07) is 2.16. The predicted octanol–water partition coefficient (Wildman–Crippen LogP) is 1.75. The summed E-state index contributed by atoms with van der Waals surface area (Å²) in [5.41, 5.74) is 0.773. The number of carbonyl (C=O) groups excluding carboxylic acids is 1. The number of thiophene rings is 1. The van der Waals surface area contributed by atoms with Crippen molar-refractivity contribution in [1.29, 1.82) is 0 Å².